The predicted molar refractivity (Wildman–Crippen MR) is 105 cm³/mol. The van der Waals surface area contributed by atoms with Gasteiger partial charge in [-0.1, -0.05) is 60.7 Å². The fourth-order valence-corrected chi connectivity index (χ4v) is 7.40. The first-order valence-electron chi connectivity index (χ1n) is 9.48. The molecule has 1 aliphatic carbocycles. The maximum absolute atomic E-state index is 12.2. The Morgan fingerprint density at radius 3 is 1.69 bits per heavy atom. The van der Waals surface area contributed by atoms with Gasteiger partial charge in [-0.2, -0.15) is 0 Å². The molecule has 0 N–H and O–H groups in total. The zero-order chi connectivity index (χ0) is 18.4. The molecule has 0 bridgehead atoms. The molecule has 2 aromatic carbocycles. The maximum Gasteiger partial charge on any atom is 0.156 e. The highest BCUT2D eigenvalue weighted by Crippen LogP contribution is 2.60. The lowest BCUT2D eigenvalue weighted by molar-refractivity contribution is -0.0237. The molecule has 2 aliphatic rings. The quantitative estimate of drug-likeness (QED) is 0.798. The van der Waals surface area contributed by atoms with Crippen LogP contribution in [-0.4, -0.2) is 29.9 Å². The van der Waals surface area contributed by atoms with E-state index in [0.29, 0.717) is 6.04 Å². The van der Waals surface area contributed by atoms with Crippen LogP contribution in [0.1, 0.15) is 37.8 Å². The lowest BCUT2D eigenvalue weighted by atomic mass is 9.60. The summed E-state index contributed by atoms with van der Waals surface area (Å²) in [6, 6.07) is 21.6. The summed E-state index contributed by atoms with van der Waals surface area (Å²) in [6.45, 7) is 5.63. The molecule has 1 aliphatic heterocycles. The van der Waals surface area contributed by atoms with Crippen molar-refractivity contribution in [3.63, 3.8) is 0 Å². The maximum atomic E-state index is 12.2. The Morgan fingerprint density at radius 1 is 0.846 bits per heavy atom. The Labute approximate surface area is 157 Å². The van der Waals surface area contributed by atoms with E-state index >= 15 is 0 Å². The molecule has 138 valence electrons. The minimum absolute atomic E-state index is 0.00905. The first-order valence-corrected chi connectivity index (χ1v) is 11.1. The zero-order valence-corrected chi connectivity index (χ0v) is 16.3. The normalized spacial score (nSPS) is 32.2. The van der Waals surface area contributed by atoms with Gasteiger partial charge in [0.25, 0.3) is 0 Å². The molecule has 1 saturated carbocycles. The van der Waals surface area contributed by atoms with Gasteiger partial charge in [0.05, 0.1) is 10.5 Å². The van der Waals surface area contributed by atoms with Crippen molar-refractivity contribution in [2.45, 2.75) is 56.3 Å². The third-order valence-electron chi connectivity index (χ3n) is 6.81. The standard InChI is InChI=1S/C22H27NO2S/c1-17-22(18(2)26(17,24)25)13-21(14-22)23(15-19-9-5-3-6-10-19)16-20-11-7-4-8-12-20/h3-12,17-18,21H,13-16H2,1-2H3. The molecule has 0 aromatic heterocycles. The van der Waals surface area contributed by atoms with Crippen LogP contribution in [0.15, 0.2) is 60.7 Å². The number of nitrogens with zero attached hydrogens (tertiary/aromatic N) is 1. The summed E-state index contributed by atoms with van der Waals surface area (Å²) in [5.41, 5.74) is 2.63. The van der Waals surface area contributed by atoms with Gasteiger partial charge in [-0.05, 0) is 37.8 Å². The SMILES string of the molecule is CC1C2(CC(N(Cc3ccccc3)Cc3ccccc3)C2)C(C)S1(=O)=O. The monoisotopic (exact) mass is 369 g/mol. The molecule has 4 rings (SSSR count). The molecule has 0 amide bonds. The van der Waals surface area contributed by atoms with E-state index in [1.54, 1.807) is 0 Å². The Hall–Kier alpha value is -1.65. The summed E-state index contributed by atoms with van der Waals surface area (Å²) in [5, 5.41) is -0.367. The van der Waals surface area contributed by atoms with Gasteiger partial charge in [0.15, 0.2) is 9.84 Å². The number of sulfone groups is 1. The Morgan fingerprint density at radius 2 is 1.27 bits per heavy atom. The van der Waals surface area contributed by atoms with Gasteiger partial charge >= 0.3 is 0 Å². The van der Waals surface area contributed by atoms with Crippen molar-refractivity contribution < 1.29 is 8.42 Å². The molecular formula is C22H27NO2S. The molecule has 2 atom stereocenters. The van der Waals surface area contributed by atoms with E-state index in [4.69, 9.17) is 0 Å². The van der Waals surface area contributed by atoms with Crippen LogP contribution in [0, 0.1) is 5.41 Å². The zero-order valence-electron chi connectivity index (χ0n) is 15.5. The predicted octanol–water partition coefficient (Wildman–Crippen LogP) is 4.04. The van der Waals surface area contributed by atoms with Gasteiger partial charge in [0.2, 0.25) is 0 Å². The fourth-order valence-electron chi connectivity index (χ4n) is 4.91. The van der Waals surface area contributed by atoms with E-state index in [0.717, 1.165) is 25.9 Å². The third-order valence-corrected chi connectivity index (χ3v) is 9.72. The first kappa shape index (κ1) is 17.7. The summed E-state index contributed by atoms with van der Waals surface area (Å²) in [6.07, 6.45) is 1.99. The van der Waals surface area contributed by atoms with Crippen LogP contribution in [0.3, 0.4) is 0 Å². The molecule has 1 heterocycles. The Bertz CT molecular complexity index is 798. The number of hydrogen-bond donors (Lipinski definition) is 0. The molecule has 2 aromatic rings. The summed E-state index contributed by atoms with van der Waals surface area (Å²) < 4.78 is 24.4. The minimum atomic E-state index is -2.89. The first-order chi connectivity index (χ1) is 12.4. The van der Waals surface area contributed by atoms with Crippen LogP contribution >= 0.6 is 0 Å². The molecule has 1 saturated heterocycles. The summed E-state index contributed by atoms with van der Waals surface area (Å²) in [5.74, 6) is 0. The largest absolute Gasteiger partial charge is 0.292 e. The van der Waals surface area contributed by atoms with E-state index in [2.05, 4.69) is 53.4 Å². The molecule has 26 heavy (non-hydrogen) atoms. The smallest absolute Gasteiger partial charge is 0.156 e. The molecule has 1 spiro atoms. The summed E-state index contributed by atoms with van der Waals surface area (Å²) >= 11 is 0. The van der Waals surface area contributed by atoms with Gasteiger partial charge in [-0.3, -0.25) is 4.90 Å². The Balaban J connectivity index is 1.51. The molecular weight excluding hydrogens is 342 g/mol. The van der Waals surface area contributed by atoms with E-state index in [9.17, 15) is 8.42 Å². The topological polar surface area (TPSA) is 37.4 Å². The van der Waals surface area contributed by atoms with E-state index in [1.165, 1.54) is 11.1 Å². The molecule has 3 nitrogen and oxygen atoms in total. The second-order valence-corrected chi connectivity index (χ2v) is 10.6. The van der Waals surface area contributed by atoms with Crippen LogP contribution < -0.4 is 0 Å². The fraction of sp³-hybridized carbons (Fsp3) is 0.455. The number of hydrogen-bond acceptors (Lipinski definition) is 3. The summed E-state index contributed by atoms with van der Waals surface area (Å²) in [4.78, 5) is 2.53. The van der Waals surface area contributed by atoms with Crippen molar-refractivity contribution in [3.8, 4) is 0 Å². The highest BCUT2D eigenvalue weighted by Gasteiger charge is 2.67. The van der Waals surface area contributed by atoms with Crippen LogP contribution in [-0.2, 0) is 22.9 Å². The molecule has 2 fully saturated rings. The highest BCUT2D eigenvalue weighted by atomic mass is 32.2. The average molecular weight is 370 g/mol. The van der Waals surface area contributed by atoms with E-state index in [1.807, 2.05) is 26.0 Å². The highest BCUT2D eigenvalue weighted by molar-refractivity contribution is 7.94. The van der Waals surface area contributed by atoms with Crippen molar-refractivity contribution >= 4 is 9.84 Å². The van der Waals surface area contributed by atoms with Crippen molar-refractivity contribution in [3.05, 3.63) is 71.8 Å². The van der Waals surface area contributed by atoms with E-state index < -0.39 is 9.84 Å². The van der Waals surface area contributed by atoms with Gasteiger partial charge in [-0.25, -0.2) is 8.42 Å². The van der Waals surface area contributed by atoms with Gasteiger partial charge in [-0.15, -0.1) is 0 Å². The van der Waals surface area contributed by atoms with Crippen LogP contribution in [0.4, 0.5) is 0 Å². The number of benzene rings is 2. The van der Waals surface area contributed by atoms with Crippen LogP contribution in [0.25, 0.3) is 0 Å². The third kappa shape index (κ3) is 2.80. The van der Waals surface area contributed by atoms with Crippen molar-refractivity contribution in [2.24, 2.45) is 5.41 Å². The van der Waals surface area contributed by atoms with E-state index in [-0.39, 0.29) is 15.9 Å². The lowest BCUT2D eigenvalue weighted by Gasteiger charge is -2.63. The van der Waals surface area contributed by atoms with Crippen molar-refractivity contribution in [1.29, 1.82) is 0 Å². The average Bonchev–Trinajstić information content (AvgIpc) is 2.62. The molecule has 4 heteroatoms. The van der Waals surface area contributed by atoms with Gasteiger partial charge in [0.1, 0.15) is 0 Å². The minimum Gasteiger partial charge on any atom is -0.292 e. The lowest BCUT2D eigenvalue weighted by Crippen LogP contribution is -2.70. The summed E-state index contributed by atoms with van der Waals surface area (Å²) in [7, 11) is -2.89. The van der Waals surface area contributed by atoms with Crippen molar-refractivity contribution in [1.82, 2.24) is 4.90 Å². The number of rotatable bonds is 5. The second-order valence-electron chi connectivity index (χ2n) is 8.04. The van der Waals surface area contributed by atoms with Gasteiger partial charge in [0, 0.05) is 24.5 Å². The molecule has 2 unspecified atom stereocenters. The Kier molecular flexibility index (Phi) is 4.44. The van der Waals surface area contributed by atoms with Crippen LogP contribution in [0.5, 0.6) is 0 Å². The molecule has 0 radical (unpaired) electrons. The van der Waals surface area contributed by atoms with Crippen LogP contribution in [0.2, 0.25) is 0 Å². The van der Waals surface area contributed by atoms with Gasteiger partial charge < -0.3 is 0 Å². The second kappa shape index (κ2) is 6.50. The van der Waals surface area contributed by atoms with Crippen molar-refractivity contribution in [2.75, 3.05) is 0 Å².